The summed E-state index contributed by atoms with van der Waals surface area (Å²) in [5.74, 6) is 0. The Balaban J connectivity index is 2.36. The monoisotopic (exact) mass is 369 g/mol. The van der Waals surface area contributed by atoms with Crippen LogP contribution in [0, 0.1) is 20.8 Å². The van der Waals surface area contributed by atoms with Gasteiger partial charge < -0.3 is 5.32 Å². The zero-order chi connectivity index (χ0) is 15.7. The predicted molar refractivity (Wildman–Crippen MR) is 92.1 cm³/mol. The molecular formula is C16H21BrClN3. The van der Waals surface area contributed by atoms with Gasteiger partial charge in [0.15, 0.2) is 0 Å². The van der Waals surface area contributed by atoms with E-state index >= 15 is 0 Å². The molecule has 0 bridgehead atoms. The van der Waals surface area contributed by atoms with E-state index in [9.17, 15) is 0 Å². The molecule has 0 aliphatic rings. The fraction of sp³-hybridized carbons (Fsp3) is 0.438. The van der Waals surface area contributed by atoms with E-state index in [4.69, 9.17) is 11.6 Å². The Kier molecular flexibility index (Phi) is 5.12. The summed E-state index contributed by atoms with van der Waals surface area (Å²) in [4.78, 5) is 0. The van der Waals surface area contributed by atoms with E-state index < -0.39 is 0 Å². The Morgan fingerprint density at radius 3 is 2.29 bits per heavy atom. The van der Waals surface area contributed by atoms with Gasteiger partial charge in [0.25, 0.3) is 0 Å². The summed E-state index contributed by atoms with van der Waals surface area (Å²) in [7, 11) is 3.92. The van der Waals surface area contributed by atoms with Crippen LogP contribution in [-0.4, -0.2) is 16.8 Å². The van der Waals surface area contributed by atoms with Crippen molar-refractivity contribution < 1.29 is 0 Å². The molecule has 1 atom stereocenters. The lowest BCUT2D eigenvalue weighted by molar-refractivity contribution is 0.561. The molecule has 0 radical (unpaired) electrons. The van der Waals surface area contributed by atoms with Crippen molar-refractivity contribution in [3.8, 4) is 0 Å². The number of rotatable bonds is 4. The molecule has 0 aliphatic carbocycles. The molecule has 0 saturated heterocycles. The van der Waals surface area contributed by atoms with Gasteiger partial charge in [-0.1, -0.05) is 39.7 Å². The molecule has 114 valence electrons. The van der Waals surface area contributed by atoms with Crippen molar-refractivity contribution in [1.82, 2.24) is 15.1 Å². The van der Waals surface area contributed by atoms with Gasteiger partial charge in [0.2, 0.25) is 0 Å². The third-order valence-corrected chi connectivity index (χ3v) is 5.61. The summed E-state index contributed by atoms with van der Waals surface area (Å²) in [5, 5.41) is 8.55. The maximum absolute atomic E-state index is 6.37. The number of aromatic nitrogens is 2. The van der Waals surface area contributed by atoms with Gasteiger partial charge in [0.05, 0.1) is 16.4 Å². The summed E-state index contributed by atoms with van der Waals surface area (Å²) in [6.07, 6.45) is 0.813. The third kappa shape index (κ3) is 3.33. The molecule has 1 unspecified atom stereocenters. The van der Waals surface area contributed by atoms with Crippen LogP contribution in [0.3, 0.4) is 0 Å². The second-order valence-corrected chi connectivity index (χ2v) is 6.65. The van der Waals surface area contributed by atoms with Gasteiger partial charge >= 0.3 is 0 Å². The van der Waals surface area contributed by atoms with E-state index in [-0.39, 0.29) is 6.04 Å². The van der Waals surface area contributed by atoms with Crippen LogP contribution in [-0.2, 0) is 13.5 Å². The van der Waals surface area contributed by atoms with Crippen molar-refractivity contribution in [2.24, 2.45) is 7.05 Å². The second-order valence-electron chi connectivity index (χ2n) is 5.48. The number of benzene rings is 1. The SMILES string of the molecule is CNC(Cc1c(Cl)c(C)nn1C)c1cc(C)c(Br)c(C)c1. The normalized spacial score (nSPS) is 12.7. The van der Waals surface area contributed by atoms with E-state index in [1.165, 1.54) is 21.2 Å². The van der Waals surface area contributed by atoms with E-state index in [0.717, 1.165) is 22.8 Å². The Morgan fingerprint density at radius 2 is 1.86 bits per heavy atom. The predicted octanol–water partition coefficient (Wildman–Crippen LogP) is 4.26. The van der Waals surface area contributed by atoms with E-state index in [0.29, 0.717) is 0 Å². The summed E-state index contributed by atoms with van der Waals surface area (Å²) >= 11 is 9.99. The highest BCUT2D eigenvalue weighted by Gasteiger charge is 2.18. The van der Waals surface area contributed by atoms with Crippen LogP contribution >= 0.6 is 27.5 Å². The maximum atomic E-state index is 6.37. The van der Waals surface area contributed by atoms with Crippen molar-refractivity contribution in [2.45, 2.75) is 33.2 Å². The molecule has 1 N–H and O–H groups in total. The van der Waals surface area contributed by atoms with Gasteiger partial charge in [0, 0.05) is 24.0 Å². The molecule has 5 heteroatoms. The average molecular weight is 371 g/mol. The minimum absolute atomic E-state index is 0.211. The first-order valence-corrected chi connectivity index (χ1v) is 8.14. The van der Waals surface area contributed by atoms with Crippen LogP contribution in [0.25, 0.3) is 0 Å². The number of hydrogen-bond donors (Lipinski definition) is 1. The molecule has 1 aromatic heterocycles. The summed E-state index contributed by atoms with van der Waals surface area (Å²) in [6, 6.07) is 4.65. The van der Waals surface area contributed by atoms with Crippen molar-refractivity contribution in [3.05, 3.63) is 49.7 Å². The van der Waals surface area contributed by atoms with Crippen molar-refractivity contribution in [1.29, 1.82) is 0 Å². The molecular weight excluding hydrogens is 350 g/mol. The zero-order valence-electron chi connectivity index (χ0n) is 13.1. The molecule has 3 nitrogen and oxygen atoms in total. The van der Waals surface area contributed by atoms with E-state index in [1.54, 1.807) is 0 Å². The fourth-order valence-corrected chi connectivity index (χ4v) is 3.13. The number of aryl methyl sites for hydroxylation is 4. The average Bonchev–Trinajstić information content (AvgIpc) is 2.67. The second kappa shape index (κ2) is 6.51. The van der Waals surface area contributed by atoms with E-state index in [1.807, 2.05) is 25.7 Å². The molecule has 1 aromatic carbocycles. The van der Waals surface area contributed by atoms with Crippen LogP contribution in [0.15, 0.2) is 16.6 Å². The highest BCUT2D eigenvalue weighted by atomic mass is 79.9. The van der Waals surface area contributed by atoms with E-state index in [2.05, 4.69) is 52.3 Å². The van der Waals surface area contributed by atoms with Crippen molar-refractivity contribution in [3.63, 3.8) is 0 Å². The summed E-state index contributed by atoms with van der Waals surface area (Å²) in [6.45, 7) is 6.18. The molecule has 2 aromatic rings. The Morgan fingerprint density at radius 1 is 1.29 bits per heavy atom. The Bertz CT molecular complexity index is 641. The third-order valence-electron chi connectivity index (χ3n) is 3.87. The van der Waals surface area contributed by atoms with Crippen molar-refractivity contribution in [2.75, 3.05) is 7.05 Å². The summed E-state index contributed by atoms with van der Waals surface area (Å²) in [5.41, 5.74) is 5.71. The lowest BCUT2D eigenvalue weighted by Gasteiger charge is -2.19. The minimum atomic E-state index is 0.211. The lowest BCUT2D eigenvalue weighted by Crippen LogP contribution is -2.20. The van der Waals surface area contributed by atoms with Gasteiger partial charge in [-0.3, -0.25) is 4.68 Å². The lowest BCUT2D eigenvalue weighted by atomic mass is 9.98. The molecule has 1 heterocycles. The highest BCUT2D eigenvalue weighted by Crippen LogP contribution is 2.29. The molecule has 0 fully saturated rings. The van der Waals surface area contributed by atoms with Gasteiger partial charge in [-0.05, 0) is 44.5 Å². The molecule has 2 rings (SSSR count). The first-order chi connectivity index (χ1) is 9.85. The Hall–Kier alpha value is -0.840. The number of hydrogen-bond acceptors (Lipinski definition) is 2. The number of nitrogens with one attached hydrogen (secondary N) is 1. The Labute approximate surface area is 139 Å². The molecule has 0 spiro atoms. The quantitative estimate of drug-likeness (QED) is 0.871. The van der Waals surface area contributed by atoms with Gasteiger partial charge in [-0.25, -0.2) is 0 Å². The highest BCUT2D eigenvalue weighted by molar-refractivity contribution is 9.10. The topological polar surface area (TPSA) is 29.9 Å². The van der Waals surface area contributed by atoms with Gasteiger partial charge in [0.1, 0.15) is 0 Å². The molecule has 0 aliphatic heterocycles. The van der Waals surface area contributed by atoms with Crippen LogP contribution in [0.5, 0.6) is 0 Å². The van der Waals surface area contributed by atoms with Crippen molar-refractivity contribution >= 4 is 27.5 Å². The van der Waals surface area contributed by atoms with Crippen LogP contribution < -0.4 is 5.32 Å². The van der Waals surface area contributed by atoms with Crippen LogP contribution in [0.4, 0.5) is 0 Å². The van der Waals surface area contributed by atoms with Gasteiger partial charge in [-0.15, -0.1) is 0 Å². The molecule has 21 heavy (non-hydrogen) atoms. The number of likely N-dealkylation sites (N-methyl/N-ethyl adjacent to an activating group) is 1. The largest absolute Gasteiger partial charge is 0.313 e. The summed E-state index contributed by atoms with van der Waals surface area (Å²) < 4.78 is 3.05. The number of halogens is 2. The van der Waals surface area contributed by atoms with Gasteiger partial charge in [-0.2, -0.15) is 5.10 Å². The standard InChI is InChI=1S/C16H21BrClN3/c1-9-6-12(7-10(2)15(9)17)13(19-4)8-14-16(18)11(3)20-21(14)5/h6-7,13,19H,8H2,1-5H3. The minimum Gasteiger partial charge on any atom is -0.313 e. The first kappa shape index (κ1) is 16.5. The number of nitrogens with zero attached hydrogens (tertiary/aromatic N) is 2. The molecule has 0 amide bonds. The smallest absolute Gasteiger partial charge is 0.0847 e. The maximum Gasteiger partial charge on any atom is 0.0847 e. The van der Waals surface area contributed by atoms with Crippen LogP contribution in [0.1, 0.15) is 34.1 Å². The molecule has 0 saturated carbocycles. The fourth-order valence-electron chi connectivity index (χ4n) is 2.66. The zero-order valence-corrected chi connectivity index (χ0v) is 15.4. The first-order valence-electron chi connectivity index (χ1n) is 6.97. The van der Waals surface area contributed by atoms with Crippen LogP contribution in [0.2, 0.25) is 5.02 Å².